The van der Waals surface area contributed by atoms with Crippen LogP contribution in [0.2, 0.25) is 0 Å². The summed E-state index contributed by atoms with van der Waals surface area (Å²) in [6.45, 7) is 3.47. The Morgan fingerprint density at radius 3 is 2.57 bits per heavy atom. The molecule has 7 heteroatoms. The minimum Gasteiger partial charge on any atom is -0.379 e. The number of nitrogens with zero attached hydrogens (tertiary/aromatic N) is 6. The van der Waals surface area contributed by atoms with Crippen molar-refractivity contribution >= 4 is 0 Å². The van der Waals surface area contributed by atoms with Gasteiger partial charge in [0, 0.05) is 44.7 Å². The monoisotopic (exact) mass is 404 g/mol. The van der Waals surface area contributed by atoms with Crippen molar-refractivity contribution in [3.05, 3.63) is 60.8 Å². The molecule has 0 amide bonds. The van der Waals surface area contributed by atoms with Crippen LogP contribution in [0.5, 0.6) is 0 Å². The largest absolute Gasteiger partial charge is 0.379 e. The van der Waals surface area contributed by atoms with Crippen molar-refractivity contribution in [3.8, 4) is 11.3 Å². The van der Waals surface area contributed by atoms with Gasteiger partial charge < -0.3 is 9.64 Å². The molecular weight excluding hydrogens is 376 g/mol. The molecule has 2 aliphatic rings. The molecule has 1 saturated carbocycles. The molecule has 2 aromatic heterocycles. The van der Waals surface area contributed by atoms with Crippen LogP contribution in [0.25, 0.3) is 11.3 Å². The van der Waals surface area contributed by atoms with Crippen LogP contribution in [0, 0.1) is 11.8 Å². The van der Waals surface area contributed by atoms with Crippen molar-refractivity contribution in [2.45, 2.75) is 31.4 Å². The molecule has 2 fully saturated rings. The van der Waals surface area contributed by atoms with Gasteiger partial charge in [-0.1, -0.05) is 35.5 Å². The topological polar surface area (TPSA) is 69.0 Å². The molecule has 30 heavy (non-hydrogen) atoms. The van der Waals surface area contributed by atoms with Crippen molar-refractivity contribution in [1.29, 1.82) is 0 Å². The number of methoxy groups -OCH3 is 1. The lowest BCUT2D eigenvalue weighted by molar-refractivity contribution is -0.00545. The fourth-order valence-corrected chi connectivity index (χ4v) is 5.14. The molecule has 5 rings (SSSR count). The van der Waals surface area contributed by atoms with Gasteiger partial charge in [-0.15, -0.1) is 5.10 Å². The fourth-order valence-electron chi connectivity index (χ4n) is 5.14. The highest BCUT2D eigenvalue weighted by atomic mass is 16.5. The molecule has 156 valence electrons. The van der Waals surface area contributed by atoms with E-state index in [1.165, 1.54) is 25.0 Å². The summed E-state index contributed by atoms with van der Waals surface area (Å²) in [7, 11) is 1.82. The van der Waals surface area contributed by atoms with E-state index in [1.807, 2.05) is 18.0 Å². The average molecular weight is 405 g/mol. The lowest BCUT2D eigenvalue weighted by Crippen LogP contribution is -2.37. The predicted molar refractivity (Wildman–Crippen MR) is 114 cm³/mol. The number of likely N-dealkylation sites (tertiary alicyclic amines) is 1. The first-order valence-corrected chi connectivity index (χ1v) is 10.8. The van der Waals surface area contributed by atoms with Crippen LogP contribution in [0.1, 0.15) is 24.4 Å². The summed E-state index contributed by atoms with van der Waals surface area (Å²) in [5, 5.41) is 8.80. The number of aromatic nitrogens is 5. The SMILES string of the molecule is CO[C@@H]1C[C@H]2CN(CCc3ccccc3)C[C@H]2C[C@H]1n1cc(-c2cncnc2)nn1. The Balaban J connectivity index is 1.26. The van der Waals surface area contributed by atoms with Gasteiger partial charge in [-0.3, -0.25) is 0 Å². The molecule has 0 bridgehead atoms. The lowest BCUT2D eigenvalue weighted by atomic mass is 9.77. The molecule has 3 heterocycles. The third kappa shape index (κ3) is 4.00. The first kappa shape index (κ1) is 19.3. The zero-order valence-corrected chi connectivity index (χ0v) is 17.3. The maximum absolute atomic E-state index is 5.91. The highest BCUT2D eigenvalue weighted by Crippen LogP contribution is 2.42. The number of ether oxygens (including phenoxy) is 1. The molecule has 7 nitrogen and oxygen atoms in total. The summed E-state index contributed by atoms with van der Waals surface area (Å²) in [5.41, 5.74) is 3.11. The zero-order valence-electron chi connectivity index (χ0n) is 17.3. The van der Waals surface area contributed by atoms with E-state index in [0.717, 1.165) is 37.1 Å². The van der Waals surface area contributed by atoms with Gasteiger partial charge >= 0.3 is 0 Å². The number of rotatable bonds is 6. The summed E-state index contributed by atoms with van der Waals surface area (Å²) in [6, 6.07) is 11.0. The summed E-state index contributed by atoms with van der Waals surface area (Å²) < 4.78 is 7.91. The van der Waals surface area contributed by atoms with Crippen LogP contribution < -0.4 is 0 Å². The standard InChI is InChI=1S/C23H28N6O/c1-30-23-10-19-14-28(8-7-17-5-3-2-4-6-17)13-18(19)9-22(23)29-15-21(26-27-29)20-11-24-16-25-12-20/h2-6,11-12,15-16,18-19,22-23H,7-10,13-14H2,1H3/t18-,19+,22-,23-/m1/s1. The Kier molecular flexibility index (Phi) is 5.55. The van der Waals surface area contributed by atoms with Crippen LogP contribution in [0.3, 0.4) is 0 Å². The van der Waals surface area contributed by atoms with Crippen molar-refractivity contribution < 1.29 is 4.74 Å². The fraction of sp³-hybridized carbons (Fsp3) is 0.478. The van der Waals surface area contributed by atoms with E-state index < -0.39 is 0 Å². The third-order valence-electron chi connectivity index (χ3n) is 6.73. The smallest absolute Gasteiger partial charge is 0.116 e. The van der Waals surface area contributed by atoms with E-state index in [2.05, 4.69) is 55.5 Å². The maximum Gasteiger partial charge on any atom is 0.116 e. The van der Waals surface area contributed by atoms with E-state index >= 15 is 0 Å². The van der Waals surface area contributed by atoms with E-state index in [1.54, 1.807) is 12.4 Å². The predicted octanol–water partition coefficient (Wildman–Crippen LogP) is 2.88. The quantitative estimate of drug-likeness (QED) is 0.629. The Labute approximate surface area is 177 Å². The number of benzene rings is 1. The van der Waals surface area contributed by atoms with Crippen LogP contribution in [-0.2, 0) is 11.2 Å². The van der Waals surface area contributed by atoms with E-state index in [0.29, 0.717) is 11.8 Å². The second kappa shape index (κ2) is 8.62. The Morgan fingerprint density at radius 2 is 1.80 bits per heavy atom. The molecule has 0 radical (unpaired) electrons. The van der Waals surface area contributed by atoms with Gasteiger partial charge in [0.15, 0.2) is 0 Å². The van der Waals surface area contributed by atoms with E-state index in [4.69, 9.17) is 4.74 Å². The van der Waals surface area contributed by atoms with Crippen molar-refractivity contribution in [1.82, 2.24) is 29.9 Å². The maximum atomic E-state index is 5.91. The van der Waals surface area contributed by atoms with E-state index in [-0.39, 0.29) is 12.1 Å². The second-order valence-electron chi connectivity index (χ2n) is 8.54. The van der Waals surface area contributed by atoms with Gasteiger partial charge in [0.25, 0.3) is 0 Å². The highest BCUT2D eigenvalue weighted by Gasteiger charge is 2.43. The average Bonchev–Trinajstić information content (AvgIpc) is 3.45. The van der Waals surface area contributed by atoms with Gasteiger partial charge in [-0.2, -0.15) is 0 Å². The normalized spacial score (nSPS) is 26.6. The molecule has 1 saturated heterocycles. The molecule has 0 spiro atoms. The molecule has 1 aliphatic heterocycles. The second-order valence-corrected chi connectivity index (χ2v) is 8.54. The molecule has 1 aromatic carbocycles. The summed E-state index contributed by atoms with van der Waals surface area (Å²) >= 11 is 0. The van der Waals surface area contributed by atoms with Crippen molar-refractivity contribution in [3.63, 3.8) is 0 Å². The number of hydrogen-bond acceptors (Lipinski definition) is 6. The van der Waals surface area contributed by atoms with Crippen molar-refractivity contribution in [2.24, 2.45) is 11.8 Å². The van der Waals surface area contributed by atoms with Gasteiger partial charge in [0.05, 0.1) is 18.3 Å². The molecule has 0 unspecified atom stereocenters. The molecule has 0 N–H and O–H groups in total. The lowest BCUT2D eigenvalue weighted by Gasteiger charge is -2.37. The van der Waals surface area contributed by atoms with Gasteiger partial charge in [-0.25, -0.2) is 14.6 Å². The van der Waals surface area contributed by atoms with Crippen LogP contribution in [0.15, 0.2) is 55.2 Å². The minimum absolute atomic E-state index is 0.168. The molecule has 3 aromatic rings. The van der Waals surface area contributed by atoms with Crippen molar-refractivity contribution in [2.75, 3.05) is 26.7 Å². The Hall–Kier alpha value is -2.64. The summed E-state index contributed by atoms with van der Waals surface area (Å²) in [6.07, 6.45) is 10.5. The third-order valence-corrected chi connectivity index (χ3v) is 6.73. The van der Waals surface area contributed by atoms with Gasteiger partial charge in [0.1, 0.15) is 12.0 Å². The zero-order chi connectivity index (χ0) is 20.3. The summed E-state index contributed by atoms with van der Waals surface area (Å²) in [5.74, 6) is 1.39. The molecule has 4 atom stereocenters. The Bertz CT molecular complexity index is 947. The van der Waals surface area contributed by atoms with E-state index in [9.17, 15) is 0 Å². The van der Waals surface area contributed by atoms with Gasteiger partial charge in [0.2, 0.25) is 0 Å². The first-order valence-electron chi connectivity index (χ1n) is 10.8. The first-order chi connectivity index (χ1) is 14.8. The minimum atomic E-state index is 0.168. The molecular formula is C23H28N6O. The van der Waals surface area contributed by atoms with Crippen LogP contribution in [-0.4, -0.2) is 62.7 Å². The van der Waals surface area contributed by atoms with Crippen LogP contribution >= 0.6 is 0 Å². The Morgan fingerprint density at radius 1 is 1.03 bits per heavy atom. The van der Waals surface area contributed by atoms with Gasteiger partial charge in [-0.05, 0) is 36.7 Å². The van der Waals surface area contributed by atoms with Crippen LogP contribution in [0.4, 0.5) is 0 Å². The number of fused-ring (bicyclic) bond motifs is 1. The summed E-state index contributed by atoms with van der Waals surface area (Å²) in [4.78, 5) is 10.8. The number of hydrogen-bond donors (Lipinski definition) is 0. The highest BCUT2D eigenvalue weighted by molar-refractivity contribution is 5.54. The molecule has 1 aliphatic carbocycles.